The fourth-order valence-electron chi connectivity index (χ4n) is 8.74. The van der Waals surface area contributed by atoms with Crippen LogP contribution in [0.4, 0.5) is 0 Å². The molecule has 0 bridgehead atoms. The summed E-state index contributed by atoms with van der Waals surface area (Å²) in [6, 6.07) is 9.06. The molecule has 4 fully saturated rings. The van der Waals surface area contributed by atoms with Crippen molar-refractivity contribution in [2.45, 2.75) is 83.7 Å². The predicted molar refractivity (Wildman–Crippen MR) is 129 cm³/mol. The topological polar surface area (TPSA) is 73.1 Å². The van der Waals surface area contributed by atoms with E-state index in [1.807, 2.05) is 6.92 Å². The molecule has 1 aromatic carbocycles. The van der Waals surface area contributed by atoms with Gasteiger partial charge in [0.15, 0.2) is 0 Å². The van der Waals surface area contributed by atoms with Gasteiger partial charge in [-0.3, -0.25) is 4.79 Å². The van der Waals surface area contributed by atoms with Crippen molar-refractivity contribution < 1.29 is 9.90 Å². The average Bonchev–Trinajstić information content (AvgIpc) is 2.81. The van der Waals surface area contributed by atoms with Crippen molar-refractivity contribution in [3.05, 3.63) is 35.4 Å². The Labute approximate surface area is 199 Å². The van der Waals surface area contributed by atoms with Crippen LogP contribution in [0, 0.1) is 52.3 Å². The highest BCUT2D eigenvalue weighted by Gasteiger charge is 2.55. The first kappa shape index (κ1) is 22.9. The van der Waals surface area contributed by atoms with Gasteiger partial charge < -0.3 is 10.4 Å². The van der Waals surface area contributed by atoms with Crippen LogP contribution < -0.4 is 5.32 Å². The summed E-state index contributed by atoms with van der Waals surface area (Å²) in [5, 5.41) is 22.9. The number of carbonyl (C=O) groups excluding carboxylic acids is 1. The van der Waals surface area contributed by atoms with Gasteiger partial charge >= 0.3 is 0 Å². The SMILES string of the molecule is C[C@@]1(O)CC[C@H]2[C@H](CC[C@@H]3[C@@H]2CC[C@]2(C)[C@@H](CNC(=O)c4ccc(C#N)cc4)CCC[C@@H]32)C1. The molecule has 0 spiro atoms. The number of amides is 1. The van der Waals surface area contributed by atoms with Gasteiger partial charge in [-0.1, -0.05) is 13.3 Å². The fraction of sp³-hybridized carbons (Fsp3) is 0.724. The lowest BCUT2D eigenvalue weighted by Crippen LogP contribution is -2.55. The molecule has 4 nitrogen and oxygen atoms in total. The molecule has 0 unspecified atom stereocenters. The van der Waals surface area contributed by atoms with Crippen molar-refractivity contribution in [3.8, 4) is 6.07 Å². The van der Waals surface area contributed by atoms with Gasteiger partial charge in [-0.2, -0.15) is 5.26 Å². The fourth-order valence-corrected chi connectivity index (χ4v) is 8.74. The Hall–Kier alpha value is -1.86. The van der Waals surface area contributed by atoms with Crippen LogP contribution in [0.2, 0.25) is 0 Å². The van der Waals surface area contributed by atoms with Crippen LogP contribution in [-0.2, 0) is 0 Å². The summed E-state index contributed by atoms with van der Waals surface area (Å²) in [5.74, 6) is 4.55. The van der Waals surface area contributed by atoms with E-state index >= 15 is 0 Å². The van der Waals surface area contributed by atoms with E-state index in [0.29, 0.717) is 22.5 Å². The lowest BCUT2D eigenvalue weighted by molar-refractivity contribution is -0.125. The summed E-state index contributed by atoms with van der Waals surface area (Å²) in [4.78, 5) is 12.8. The number of carbonyl (C=O) groups is 1. The van der Waals surface area contributed by atoms with E-state index in [4.69, 9.17) is 5.26 Å². The summed E-state index contributed by atoms with van der Waals surface area (Å²) in [6.07, 6.45) is 12.3. The minimum Gasteiger partial charge on any atom is -0.390 e. The van der Waals surface area contributed by atoms with Gasteiger partial charge in [0.1, 0.15) is 0 Å². The molecule has 4 aliphatic carbocycles. The maximum Gasteiger partial charge on any atom is 0.251 e. The summed E-state index contributed by atoms with van der Waals surface area (Å²) in [5.41, 5.74) is 1.11. The number of nitrogens with zero attached hydrogens (tertiary/aromatic N) is 1. The minimum atomic E-state index is -0.444. The lowest BCUT2D eigenvalue weighted by atomic mass is 9.45. The molecule has 0 saturated heterocycles. The van der Waals surface area contributed by atoms with Crippen LogP contribution in [0.3, 0.4) is 0 Å². The van der Waals surface area contributed by atoms with E-state index in [0.717, 1.165) is 49.0 Å². The van der Waals surface area contributed by atoms with Gasteiger partial charge in [0.05, 0.1) is 17.2 Å². The smallest absolute Gasteiger partial charge is 0.251 e. The molecule has 8 atom stereocenters. The van der Waals surface area contributed by atoms with Crippen LogP contribution in [-0.4, -0.2) is 23.2 Å². The molecule has 0 radical (unpaired) electrons. The first-order valence-electron chi connectivity index (χ1n) is 13.3. The summed E-state index contributed by atoms with van der Waals surface area (Å²) in [7, 11) is 0. The van der Waals surface area contributed by atoms with Crippen molar-refractivity contribution in [1.29, 1.82) is 5.26 Å². The van der Waals surface area contributed by atoms with E-state index < -0.39 is 5.60 Å². The van der Waals surface area contributed by atoms with Gasteiger partial charge in [-0.05, 0) is 130 Å². The molecule has 4 saturated carbocycles. The molecule has 5 rings (SSSR count). The van der Waals surface area contributed by atoms with Gasteiger partial charge in [-0.15, -0.1) is 0 Å². The standard InChI is InChI=1S/C29H40N2O2/c1-28(33)14-12-23-21(16-28)10-11-25-24(23)13-15-29(2)22(4-3-5-26(25)29)18-31-27(32)20-8-6-19(17-30)7-9-20/h6-9,21-26,33H,3-5,10-16,18H2,1-2H3,(H,31,32)/t21-,22-,23+,24-,25-,26+,28-,29-/m1/s1. The molecule has 178 valence electrons. The molecule has 33 heavy (non-hydrogen) atoms. The van der Waals surface area contributed by atoms with E-state index in [9.17, 15) is 9.90 Å². The third kappa shape index (κ3) is 4.23. The van der Waals surface area contributed by atoms with Crippen LogP contribution in [0.1, 0.15) is 94.0 Å². The zero-order chi connectivity index (χ0) is 23.2. The number of nitriles is 1. The molecule has 2 N–H and O–H groups in total. The third-order valence-electron chi connectivity index (χ3n) is 10.5. The van der Waals surface area contributed by atoms with Crippen molar-refractivity contribution >= 4 is 5.91 Å². The van der Waals surface area contributed by atoms with Crippen molar-refractivity contribution in [3.63, 3.8) is 0 Å². The second kappa shape index (κ2) is 8.73. The number of hydrogen-bond acceptors (Lipinski definition) is 3. The van der Waals surface area contributed by atoms with E-state index in [1.165, 1.54) is 51.4 Å². The second-order valence-electron chi connectivity index (χ2n) is 12.2. The first-order valence-corrected chi connectivity index (χ1v) is 13.3. The van der Waals surface area contributed by atoms with Crippen LogP contribution in [0.25, 0.3) is 0 Å². The monoisotopic (exact) mass is 448 g/mol. The number of fused-ring (bicyclic) bond motifs is 5. The second-order valence-corrected chi connectivity index (χ2v) is 12.2. The van der Waals surface area contributed by atoms with Gasteiger partial charge in [0, 0.05) is 12.1 Å². The zero-order valence-electron chi connectivity index (χ0n) is 20.4. The van der Waals surface area contributed by atoms with Crippen LogP contribution in [0.5, 0.6) is 0 Å². The highest BCUT2D eigenvalue weighted by atomic mass is 16.3. The molecule has 0 heterocycles. The Balaban J connectivity index is 1.26. The first-order chi connectivity index (χ1) is 15.8. The van der Waals surface area contributed by atoms with Crippen LogP contribution >= 0.6 is 0 Å². The van der Waals surface area contributed by atoms with E-state index in [1.54, 1.807) is 24.3 Å². The predicted octanol–water partition coefficient (Wildman–Crippen LogP) is 5.70. The highest BCUT2D eigenvalue weighted by Crippen LogP contribution is 2.63. The van der Waals surface area contributed by atoms with Crippen LogP contribution in [0.15, 0.2) is 24.3 Å². The lowest BCUT2D eigenvalue weighted by Gasteiger charge is -2.61. The molecule has 0 aliphatic heterocycles. The minimum absolute atomic E-state index is 0.0198. The van der Waals surface area contributed by atoms with E-state index in [2.05, 4.69) is 18.3 Å². The Morgan fingerprint density at radius 3 is 2.55 bits per heavy atom. The molecule has 1 aromatic rings. The van der Waals surface area contributed by atoms with Crippen molar-refractivity contribution in [1.82, 2.24) is 5.32 Å². The number of aliphatic hydroxyl groups is 1. The maximum absolute atomic E-state index is 12.8. The molecule has 0 aromatic heterocycles. The number of hydrogen-bond donors (Lipinski definition) is 2. The Morgan fingerprint density at radius 1 is 1.03 bits per heavy atom. The molecule has 4 heteroatoms. The number of benzene rings is 1. The van der Waals surface area contributed by atoms with Crippen molar-refractivity contribution in [2.24, 2.45) is 40.9 Å². The Bertz CT molecular complexity index is 917. The number of nitrogens with one attached hydrogen (secondary N) is 1. The maximum atomic E-state index is 12.8. The largest absolute Gasteiger partial charge is 0.390 e. The highest BCUT2D eigenvalue weighted by molar-refractivity contribution is 5.94. The summed E-state index contributed by atoms with van der Waals surface area (Å²) >= 11 is 0. The van der Waals surface area contributed by atoms with Gasteiger partial charge in [0.25, 0.3) is 5.91 Å². The van der Waals surface area contributed by atoms with Gasteiger partial charge in [0.2, 0.25) is 0 Å². The average molecular weight is 449 g/mol. The van der Waals surface area contributed by atoms with Gasteiger partial charge in [-0.25, -0.2) is 0 Å². The molecule has 1 amide bonds. The normalized spacial score (nSPS) is 42.2. The Kier molecular flexibility index (Phi) is 6.06. The summed E-state index contributed by atoms with van der Waals surface area (Å²) < 4.78 is 0. The number of rotatable bonds is 3. The summed E-state index contributed by atoms with van der Waals surface area (Å²) in [6.45, 7) is 5.34. The quantitative estimate of drug-likeness (QED) is 0.623. The molecular formula is C29H40N2O2. The zero-order valence-corrected chi connectivity index (χ0v) is 20.4. The third-order valence-corrected chi connectivity index (χ3v) is 10.5. The molecular weight excluding hydrogens is 408 g/mol. The van der Waals surface area contributed by atoms with Crippen molar-refractivity contribution in [2.75, 3.05) is 6.54 Å². The molecule has 4 aliphatic rings. The van der Waals surface area contributed by atoms with E-state index in [-0.39, 0.29) is 5.91 Å². The Morgan fingerprint density at radius 2 is 1.79 bits per heavy atom.